The van der Waals surface area contributed by atoms with Crippen molar-refractivity contribution in [3.05, 3.63) is 46.3 Å². The van der Waals surface area contributed by atoms with Crippen LogP contribution in [-0.4, -0.2) is 56.7 Å². The summed E-state index contributed by atoms with van der Waals surface area (Å²) in [5.74, 6) is 0.612. The fourth-order valence-corrected chi connectivity index (χ4v) is 2.97. The molecule has 130 valence electrons. The Morgan fingerprint density at radius 1 is 1.38 bits per heavy atom. The van der Waals surface area contributed by atoms with Crippen molar-refractivity contribution in [2.75, 3.05) is 46.2 Å². The lowest BCUT2D eigenvalue weighted by molar-refractivity contribution is 0.0937. The van der Waals surface area contributed by atoms with Crippen LogP contribution in [0, 0.1) is 0 Å². The van der Waals surface area contributed by atoms with Crippen molar-refractivity contribution in [3.8, 4) is 0 Å². The zero-order chi connectivity index (χ0) is 17.4. The Morgan fingerprint density at radius 3 is 2.79 bits per heavy atom. The number of ether oxygens (including phenoxy) is 1. The summed E-state index contributed by atoms with van der Waals surface area (Å²) in [5, 5.41) is 10.4. The maximum Gasteiger partial charge on any atom is 0.252 e. The van der Waals surface area contributed by atoms with Crippen molar-refractivity contribution < 1.29 is 9.53 Å². The fourth-order valence-electron chi connectivity index (χ4n) is 2.27. The number of hydrogen-bond acceptors (Lipinski definition) is 6. The number of hydrogen-bond donors (Lipinski definition) is 2. The highest BCUT2D eigenvalue weighted by atomic mass is 32.1. The van der Waals surface area contributed by atoms with E-state index >= 15 is 0 Å². The maximum atomic E-state index is 11.9. The highest BCUT2D eigenvalue weighted by Gasteiger charge is 2.14. The Labute approximate surface area is 146 Å². The quantitative estimate of drug-likeness (QED) is 0.680. The molecule has 0 spiro atoms. The summed E-state index contributed by atoms with van der Waals surface area (Å²) in [6.07, 6.45) is 1.58. The predicted octanol–water partition coefficient (Wildman–Crippen LogP) is 2.23. The molecule has 2 aromatic heterocycles. The summed E-state index contributed by atoms with van der Waals surface area (Å²) < 4.78 is 4.91. The molecule has 1 amide bonds. The third-order valence-electron chi connectivity index (χ3n) is 3.65. The smallest absolute Gasteiger partial charge is 0.252 e. The van der Waals surface area contributed by atoms with E-state index < -0.39 is 0 Å². The number of likely N-dealkylation sites (N-methyl/N-ethyl adjacent to an activating group) is 1. The van der Waals surface area contributed by atoms with E-state index in [0.29, 0.717) is 18.7 Å². The lowest BCUT2D eigenvalue weighted by atomic mass is 10.1. The van der Waals surface area contributed by atoms with Crippen LogP contribution < -0.4 is 10.6 Å². The van der Waals surface area contributed by atoms with Crippen molar-refractivity contribution in [1.29, 1.82) is 0 Å². The molecule has 0 aliphatic rings. The Bertz CT molecular complexity index is 614. The maximum absolute atomic E-state index is 11.9. The van der Waals surface area contributed by atoms with Crippen LogP contribution >= 0.6 is 11.3 Å². The molecule has 0 unspecified atom stereocenters. The van der Waals surface area contributed by atoms with Crippen LogP contribution in [0.3, 0.4) is 0 Å². The molecule has 24 heavy (non-hydrogen) atoms. The SMILES string of the molecule is COCCNC(=O)c1ccc(NC[C@@H](c2ccsc2)N(C)C)nc1. The summed E-state index contributed by atoms with van der Waals surface area (Å²) in [5.41, 5.74) is 1.82. The first-order valence-electron chi connectivity index (χ1n) is 7.77. The number of aromatic nitrogens is 1. The fraction of sp³-hybridized carbons (Fsp3) is 0.412. The van der Waals surface area contributed by atoms with Gasteiger partial charge in [-0.3, -0.25) is 4.79 Å². The van der Waals surface area contributed by atoms with Crippen molar-refractivity contribution >= 4 is 23.1 Å². The largest absolute Gasteiger partial charge is 0.383 e. The molecule has 0 radical (unpaired) electrons. The molecule has 0 aliphatic carbocycles. The summed E-state index contributed by atoms with van der Waals surface area (Å²) in [7, 11) is 5.72. The van der Waals surface area contributed by atoms with Crippen molar-refractivity contribution in [1.82, 2.24) is 15.2 Å². The van der Waals surface area contributed by atoms with Crippen LogP contribution in [0.25, 0.3) is 0 Å². The van der Waals surface area contributed by atoms with E-state index in [2.05, 4.69) is 51.4 Å². The number of amides is 1. The zero-order valence-electron chi connectivity index (χ0n) is 14.3. The van der Waals surface area contributed by atoms with Crippen LogP contribution in [0.1, 0.15) is 22.0 Å². The molecule has 0 saturated carbocycles. The molecule has 2 N–H and O–H groups in total. The summed E-state index contributed by atoms with van der Waals surface area (Å²) >= 11 is 1.70. The minimum atomic E-state index is -0.143. The monoisotopic (exact) mass is 348 g/mol. The predicted molar refractivity (Wildman–Crippen MR) is 97.7 cm³/mol. The minimum absolute atomic E-state index is 0.143. The Balaban J connectivity index is 1.90. The number of carbonyl (C=O) groups is 1. The van der Waals surface area contributed by atoms with Gasteiger partial charge in [0.2, 0.25) is 0 Å². The van der Waals surface area contributed by atoms with Gasteiger partial charge in [0.1, 0.15) is 5.82 Å². The van der Waals surface area contributed by atoms with Crippen LogP contribution in [0.2, 0.25) is 0 Å². The summed E-state index contributed by atoms with van der Waals surface area (Å²) in [4.78, 5) is 18.4. The number of nitrogens with zero attached hydrogens (tertiary/aromatic N) is 2. The van der Waals surface area contributed by atoms with Gasteiger partial charge >= 0.3 is 0 Å². The third kappa shape index (κ3) is 5.30. The second-order valence-electron chi connectivity index (χ2n) is 5.60. The average molecular weight is 348 g/mol. The lowest BCUT2D eigenvalue weighted by Gasteiger charge is -2.24. The summed E-state index contributed by atoms with van der Waals surface area (Å²) in [6.45, 7) is 1.73. The molecule has 2 heterocycles. The number of thiophene rings is 1. The third-order valence-corrected chi connectivity index (χ3v) is 4.35. The number of carbonyl (C=O) groups excluding carboxylic acids is 1. The molecule has 7 heteroatoms. The van der Waals surface area contributed by atoms with Crippen molar-refractivity contribution in [3.63, 3.8) is 0 Å². The lowest BCUT2D eigenvalue weighted by Crippen LogP contribution is -2.27. The molecule has 0 aromatic carbocycles. The summed E-state index contributed by atoms with van der Waals surface area (Å²) in [6, 6.07) is 6.01. The van der Waals surface area contributed by atoms with Crippen LogP contribution in [0.4, 0.5) is 5.82 Å². The zero-order valence-corrected chi connectivity index (χ0v) is 15.1. The number of rotatable bonds is 9. The first kappa shape index (κ1) is 18.4. The van der Waals surface area contributed by atoms with Gasteiger partial charge in [-0.1, -0.05) is 0 Å². The molecular formula is C17H24N4O2S. The van der Waals surface area contributed by atoms with Crippen LogP contribution in [0.15, 0.2) is 35.2 Å². The van der Waals surface area contributed by atoms with E-state index in [0.717, 1.165) is 12.4 Å². The first-order chi connectivity index (χ1) is 11.6. The van der Waals surface area contributed by atoms with Crippen molar-refractivity contribution in [2.24, 2.45) is 0 Å². The minimum Gasteiger partial charge on any atom is -0.383 e. The molecule has 0 fully saturated rings. The molecular weight excluding hydrogens is 324 g/mol. The number of methoxy groups -OCH3 is 1. The number of pyridine rings is 1. The van der Waals surface area contributed by atoms with Gasteiger partial charge in [-0.25, -0.2) is 4.98 Å². The molecule has 2 aromatic rings. The van der Waals surface area contributed by atoms with E-state index in [9.17, 15) is 4.79 Å². The van der Waals surface area contributed by atoms with E-state index in [1.54, 1.807) is 30.7 Å². The highest BCUT2D eigenvalue weighted by Crippen LogP contribution is 2.21. The van der Waals surface area contributed by atoms with E-state index in [1.807, 2.05) is 6.07 Å². The molecule has 6 nitrogen and oxygen atoms in total. The van der Waals surface area contributed by atoms with Gasteiger partial charge < -0.3 is 20.3 Å². The Kier molecular flexibility index (Phi) is 7.17. The second kappa shape index (κ2) is 9.36. The average Bonchev–Trinajstić information content (AvgIpc) is 3.09. The molecule has 0 aliphatic heterocycles. The van der Waals surface area contributed by atoms with E-state index in [1.165, 1.54) is 5.56 Å². The van der Waals surface area contributed by atoms with Gasteiger partial charge in [0.25, 0.3) is 5.91 Å². The van der Waals surface area contributed by atoms with E-state index in [-0.39, 0.29) is 11.9 Å². The molecule has 2 rings (SSSR count). The Morgan fingerprint density at radius 2 is 2.21 bits per heavy atom. The standard InChI is InChI=1S/C17H24N4O2S/c1-21(2)15(14-6-9-24-12-14)11-20-16-5-4-13(10-19-16)17(22)18-7-8-23-3/h4-6,9-10,12,15H,7-8,11H2,1-3H3,(H,18,22)(H,19,20)/t15-/m0/s1. The topological polar surface area (TPSA) is 66.5 Å². The van der Waals surface area contributed by atoms with Gasteiger partial charge in [-0.05, 0) is 48.6 Å². The van der Waals surface area contributed by atoms with E-state index in [4.69, 9.17) is 4.74 Å². The number of anilines is 1. The molecule has 1 atom stereocenters. The van der Waals surface area contributed by atoms with Gasteiger partial charge in [0.05, 0.1) is 18.2 Å². The molecule has 0 bridgehead atoms. The highest BCUT2D eigenvalue weighted by molar-refractivity contribution is 7.07. The van der Waals surface area contributed by atoms with Gasteiger partial charge in [-0.2, -0.15) is 11.3 Å². The van der Waals surface area contributed by atoms with Crippen molar-refractivity contribution in [2.45, 2.75) is 6.04 Å². The van der Waals surface area contributed by atoms with Gasteiger partial charge in [0, 0.05) is 26.4 Å². The second-order valence-corrected chi connectivity index (χ2v) is 6.38. The van der Waals surface area contributed by atoms with Crippen LogP contribution in [-0.2, 0) is 4.74 Å². The normalized spacial score (nSPS) is 12.2. The molecule has 0 saturated heterocycles. The van der Waals surface area contributed by atoms with Gasteiger partial charge in [0.15, 0.2) is 0 Å². The number of nitrogens with one attached hydrogen (secondary N) is 2. The van der Waals surface area contributed by atoms with Crippen LogP contribution in [0.5, 0.6) is 0 Å². The first-order valence-corrected chi connectivity index (χ1v) is 8.71. The van der Waals surface area contributed by atoms with Gasteiger partial charge in [-0.15, -0.1) is 0 Å². The Hall–Kier alpha value is -1.96.